The van der Waals surface area contributed by atoms with Crippen LogP contribution in [0.15, 0.2) is 72.8 Å². The maximum atomic E-state index is 12.8. The first-order valence-corrected chi connectivity index (χ1v) is 29.7. The van der Waals surface area contributed by atoms with Crippen LogP contribution in [0.5, 0.6) is 23.0 Å². The third-order valence-corrected chi connectivity index (χ3v) is 14.1. The second-order valence-corrected chi connectivity index (χ2v) is 21.3. The van der Waals surface area contributed by atoms with Crippen molar-refractivity contribution in [3.05, 3.63) is 140 Å². The third kappa shape index (κ3) is 21.5. The van der Waals surface area contributed by atoms with Crippen molar-refractivity contribution < 1.29 is 76.1 Å². The first kappa shape index (κ1) is 67.2. The van der Waals surface area contributed by atoms with Crippen molar-refractivity contribution in [2.75, 3.05) is 67.1 Å². The van der Waals surface area contributed by atoms with Gasteiger partial charge >= 0.3 is 35.8 Å². The molecule has 0 spiro atoms. The predicted octanol–water partition coefficient (Wildman–Crippen LogP) is 11.7. The summed E-state index contributed by atoms with van der Waals surface area (Å²) in [6, 6.07) is 17.5. The molecule has 0 saturated carbocycles. The smallest absolute Gasteiger partial charge is 0.333 e. The molecule has 8 bridgehead atoms. The van der Waals surface area contributed by atoms with E-state index >= 15 is 0 Å². The monoisotopic (exact) mass is 1160 g/mol. The van der Waals surface area contributed by atoms with Crippen molar-refractivity contribution >= 4 is 35.8 Å². The molecule has 5 rings (SSSR count). The second kappa shape index (κ2) is 35.5. The van der Waals surface area contributed by atoms with Crippen LogP contribution < -0.4 is 18.9 Å². The fourth-order valence-corrected chi connectivity index (χ4v) is 9.90. The SMILES string of the molecule is C=C(C)C(=O)OCCOc1c2cc(CCCC)cc1Cc1cc(CCCC)cc(c1OCCOC(=O)C(=C)C)Cc1cc(CCCC)cc(c1OCCOC(=O)CC(=O)OC)Cc1cc(CCCC)cc(c1OCCOC(=O)CC(=O)OC)C2. The number of methoxy groups -OCH3 is 2. The van der Waals surface area contributed by atoms with Crippen LogP contribution in [0.1, 0.15) is 173 Å². The molecule has 0 radical (unpaired) electrons. The van der Waals surface area contributed by atoms with E-state index in [-0.39, 0.29) is 64.0 Å². The highest BCUT2D eigenvalue weighted by Gasteiger charge is 2.26. The Kier molecular flexibility index (Phi) is 28.4. The van der Waals surface area contributed by atoms with Crippen molar-refractivity contribution in [2.45, 2.75) is 157 Å². The zero-order valence-corrected chi connectivity index (χ0v) is 50.9. The van der Waals surface area contributed by atoms with E-state index in [9.17, 15) is 28.8 Å². The minimum Gasteiger partial charge on any atom is -0.489 e. The molecule has 1 aliphatic carbocycles. The van der Waals surface area contributed by atoms with Gasteiger partial charge in [-0.3, -0.25) is 19.2 Å². The zero-order valence-electron chi connectivity index (χ0n) is 50.9. The lowest BCUT2D eigenvalue weighted by molar-refractivity contribution is -0.155. The van der Waals surface area contributed by atoms with E-state index in [1.807, 2.05) is 0 Å². The molecule has 0 unspecified atom stereocenters. The number of hydrogen-bond acceptors (Lipinski definition) is 16. The molecule has 0 fully saturated rings. The molecule has 4 aromatic rings. The van der Waals surface area contributed by atoms with Crippen molar-refractivity contribution in [1.82, 2.24) is 0 Å². The molecule has 84 heavy (non-hydrogen) atoms. The second-order valence-electron chi connectivity index (χ2n) is 21.3. The normalized spacial score (nSPS) is 11.6. The Morgan fingerprint density at radius 3 is 0.786 bits per heavy atom. The van der Waals surface area contributed by atoms with Crippen LogP contribution >= 0.6 is 0 Å². The van der Waals surface area contributed by atoms with E-state index in [1.165, 1.54) is 14.2 Å². The van der Waals surface area contributed by atoms with Gasteiger partial charge in [0.1, 0.15) is 88.7 Å². The molecular weight excluding hydrogens is 1070 g/mol. The average Bonchev–Trinajstić information content (AvgIpc) is 1.87. The lowest BCUT2D eigenvalue weighted by atomic mass is 9.87. The van der Waals surface area contributed by atoms with E-state index in [1.54, 1.807) is 13.8 Å². The number of carbonyl (C=O) groups is 6. The van der Waals surface area contributed by atoms with Gasteiger partial charge in [0, 0.05) is 36.8 Å². The van der Waals surface area contributed by atoms with Gasteiger partial charge in [-0.1, -0.05) is 115 Å². The van der Waals surface area contributed by atoms with Gasteiger partial charge in [-0.05, 0) is 132 Å². The minimum absolute atomic E-state index is 0.0336. The maximum Gasteiger partial charge on any atom is 0.333 e. The van der Waals surface area contributed by atoms with Crippen LogP contribution in [0.3, 0.4) is 0 Å². The standard InChI is InChI=1S/C68H88O16/c1-11-15-19-47-31-51-39-52-32-48(20-16-12-2)34-54(64(52)80-26-24-78-62(72)44-60(70)76-10)41-56-36-50(22-18-14-4)38-58(66(56)82-28-30-84-68(74)46(7)8)42-57-37-49(21-17-13-3)35-55(65(57)81-27-29-83-67(73)45(5)6)40-53(33-47)63(51)79-25-23-77-61(71)43-59(69)75-9/h31-38H,5,7,11-30,39-44H2,1-4,6,8-10H3. The summed E-state index contributed by atoms with van der Waals surface area (Å²) in [5.41, 5.74) is 11.8. The fourth-order valence-electron chi connectivity index (χ4n) is 9.90. The molecular formula is C68H88O16. The van der Waals surface area contributed by atoms with Crippen LogP contribution in [0, 0.1) is 0 Å². The van der Waals surface area contributed by atoms with Gasteiger partial charge in [0.25, 0.3) is 0 Å². The number of fused-ring (bicyclic) bond motifs is 8. The van der Waals surface area contributed by atoms with E-state index in [0.717, 1.165) is 144 Å². The van der Waals surface area contributed by atoms with Gasteiger partial charge in [0.05, 0.1) is 14.2 Å². The van der Waals surface area contributed by atoms with Gasteiger partial charge in [-0.15, -0.1) is 0 Å². The van der Waals surface area contributed by atoms with Crippen molar-refractivity contribution in [3.8, 4) is 23.0 Å². The number of unbranched alkanes of at least 4 members (excludes halogenated alkanes) is 4. The summed E-state index contributed by atoms with van der Waals surface area (Å²) in [6.07, 6.45) is 10.9. The molecule has 0 heterocycles. The van der Waals surface area contributed by atoms with Crippen LogP contribution in [0.2, 0.25) is 0 Å². The fraction of sp³-hybridized carbons (Fsp3) is 0.500. The molecule has 0 aromatic heterocycles. The van der Waals surface area contributed by atoms with Crippen LogP contribution in [0.4, 0.5) is 0 Å². The summed E-state index contributed by atoms with van der Waals surface area (Å²) < 4.78 is 59.1. The van der Waals surface area contributed by atoms with Gasteiger partial charge in [-0.25, -0.2) is 9.59 Å². The summed E-state index contributed by atoms with van der Waals surface area (Å²) in [5, 5.41) is 0. The summed E-state index contributed by atoms with van der Waals surface area (Å²) >= 11 is 0. The quantitative estimate of drug-likeness (QED) is 0.0124. The predicted molar refractivity (Wildman–Crippen MR) is 320 cm³/mol. The third-order valence-electron chi connectivity index (χ3n) is 14.1. The highest BCUT2D eigenvalue weighted by molar-refractivity contribution is 5.91. The number of hydrogen-bond donors (Lipinski definition) is 0. The largest absolute Gasteiger partial charge is 0.489 e. The Morgan fingerprint density at radius 2 is 0.583 bits per heavy atom. The highest BCUT2D eigenvalue weighted by atomic mass is 16.6. The number of aryl methyl sites for hydroxylation is 4. The first-order chi connectivity index (χ1) is 40.5. The molecule has 4 aromatic carbocycles. The molecule has 456 valence electrons. The lowest BCUT2D eigenvalue weighted by Crippen LogP contribution is -2.18. The minimum atomic E-state index is -0.745. The number of carbonyl (C=O) groups excluding carboxylic acids is 6. The first-order valence-electron chi connectivity index (χ1n) is 29.7. The van der Waals surface area contributed by atoms with Gasteiger partial charge in [-0.2, -0.15) is 0 Å². The molecule has 16 heteroatoms. The van der Waals surface area contributed by atoms with E-state index < -0.39 is 48.7 Å². The van der Waals surface area contributed by atoms with Gasteiger partial charge in [0.2, 0.25) is 0 Å². The molecule has 0 saturated heterocycles. The Bertz CT molecular complexity index is 2720. The molecule has 16 nitrogen and oxygen atoms in total. The number of benzene rings is 4. The summed E-state index contributed by atoms with van der Waals surface area (Å²) in [5.74, 6) is -1.58. The van der Waals surface area contributed by atoms with E-state index in [4.69, 9.17) is 47.4 Å². The summed E-state index contributed by atoms with van der Waals surface area (Å²) in [7, 11) is 2.42. The Morgan fingerprint density at radius 1 is 0.357 bits per heavy atom. The average molecular weight is 1160 g/mol. The highest BCUT2D eigenvalue weighted by Crippen LogP contribution is 2.42. The van der Waals surface area contributed by atoms with Gasteiger partial charge in [0.15, 0.2) is 0 Å². The van der Waals surface area contributed by atoms with Crippen LogP contribution in [-0.4, -0.2) is 103 Å². The number of esters is 6. The van der Waals surface area contributed by atoms with Crippen molar-refractivity contribution in [3.63, 3.8) is 0 Å². The lowest BCUT2D eigenvalue weighted by Gasteiger charge is -2.25. The molecule has 0 N–H and O–H groups in total. The number of rotatable bonds is 34. The summed E-state index contributed by atoms with van der Waals surface area (Å²) in [4.78, 5) is 74.9. The molecule has 0 atom stereocenters. The molecule has 0 aliphatic heterocycles. The zero-order chi connectivity index (χ0) is 61.0. The topological polar surface area (TPSA) is 195 Å². The summed E-state index contributed by atoms with van der Waals surface area (Å²) in [6.45, 7) is 19.0. The van der Waals surface area contributed by atoms with E-state index in [0.29, 0.717) is 48.7 Å². The van der Waals surface area contributed by atoms with Gasteiger partial charge < -0.3 is 47.4 Å². The van der Waals surface area contributed by atoms with Crippen LogP contribution in [-0.2, 0) is 109 Å². The molecule has 1 aliphatic rings. The van der Waals surface area contributed by atoms with E-state index in [2.05, 4.69) is 89.4 Å². The van der Waals surface area contributed by atoms with Crippen molar-refractivity contribution in [1.29, 1.82) is 0 Å². The van der Waals surface area contributed by atoms with Crippen LogP contribution in [0.25, 0.3) is 0 Å². The Labute approximate surface area is 496 Å². The maximum absolute atomic E-state index is 12.8. The van der Waals surface area contributed by atoms with Crippen molar-refractivity contribution in [2.24, 2.45) is 0 Å². The number of ether oxygens (including phenoxy) is 10. The Hall–Kier alpha value is -7.62. The molecule has 0 amide bonds. The Balaban J connectivity index is 1.89.